The van der Waals surface area contributed by atoms with Crippen molar-refractivity contribution in [1.29, 1.82) is 0 Å². The lowest BCUT2D eigenvalue weighted by Gasteiger charge is -2.65. The van der Waals surface area contributed by atoms with Gasteiger partial charge in [-0.25, -0.2) is 0 Å². The van der Waals surface area contributed by atoms with E-state index in [4.69, 9.17) is 18.6 Å². The monoisotopic (exact) mass is 582 g/mol. The van der Waals surface area contributed by atoms with Crippen molar-refractivity contribution in [1.82, 2.24) is 9.80 Å². The summed E-state index contributed by atoms with van der Waals surface area (Å²) in [6, 6.07) is 16.3. The Morgan fingerprint density at radius 1 is 1.14 bits per heavy atom. The number of piperidine rings is 1. The number of likely N-dealkylation sites (tertiary alicyclic amines) is 1. The summed E-state index contributed by atoms with van der Waals surface area (Å²) in [6.07, 6.45) is 9.88. The maximum absolute atomic E-state index is 13.5. The molecule has 0 N–H and O–H groups in total. The number of ether oxygens (including phenoxy) is 3. The van der Waals surface area contributed by atoms with Crippen LogP contribution in [0.3, 0.4) is 0 Å². The molecule has 8 nitrogen and oxygen atoms in total. The summed E-state index contributed by atoms with van der Waals surface area (Å²) < 4.78 is 24.5. The molecule has 7 rings (SSSR count). The molecule has 2 fully saturated rings. The molecule has 2 aliphatic carbocycles. The first-order valence-electron chi connectivity index (χ1n) is 15.2. The minimum absolute atomic E-state index is 0.00486. The Balaban J connectivity index is 1.30. The van der Waals surface area contributed by atoms with E-state index >= 15 is 0 Å². The molecule has 0 radical (unpaired) electrons. The number of hydrogen-bond acceptors (Lipinski definition) is 7. The number of likely N-dealkylation sites (N-methyl/N-ethyl adjacent to an activating group) is 1. The second-order valence-corrected chi connectivity index (χ2v) is 12.3. The van der Waals surface area contributed by atoms with Crippen LogP contribution in [-0.2, 0) is 32.6 Å². The van der Waals surface area contributed by atoms with Gasteiger partial charge in [0.1, 0.15) is 11.7 Å². The molecule has 1 saturated carbocycles. The lowest BCUT2D eigenvalue weighted by molar-refractivity contribution is -0.223. The number of carbonyl (C=O) groups is 2. The molecule has 2 aliphatic heterocycles. The van der Waals surface area contributed by atoms with Gasteiger partial charge in [-0.05, 0) is 68.0 Å². The van der Waals surface area contributed by atoms with Crippen LogP contribution in [0.5, 0.6) is 11.5 Å². The highest BCUT2D eigenvalue weighted by molar-refractivity contribution is 5.92. The van der Waals surface area contributed by atoms with Crippen LogP contribution >= 0.6 is 0 Å². The van der Waals surface area contributed by atoms with Gasteiger partial charge >= 0.3 is 5.97 Å². The SMILES string of the molecule is COc1ccc2c3c1O[C@H]1[C@H](N(C)C(=O)/C=C/c4ccoc4)CC[C@@]4(OC(C)=O)[C@@H](C2)N(CCc2ccccc2)CC[C@]314. The van der Waals surface area contributed by atoms with Gasteiger partial charge in [0.25, 0.3) is 0 Å². The zero-order valence-corrected chi connectivity index (χ0v) is 25.0. The van der Waals surface area contributed by atoms with Gasteiger partial charge in [0.15, 0.2) is 11.5 Å². The Labute approximate surface area is 252 Å². The number of benzene rings is 2. The van der Waals surface area contributed by atoms with Crippen LogP contribution in [0, 0.1) is 0 Å². The molecule has 2 aromatic carbocycles. The first-order chi connectivity index (χ1) is 20.9. The van der Waals surface area contributed by atoms with E-state index in [-0.39, 0.29) is 30.1 Å². The highest BCUT2D eigenvalue weighted by atomic mass is 16.6. The lowest BCUT2D eigenvalue weighted by atomic mass is 9.48. The van der Waals surface area contributed by atoms with Gasteiger partial charge in [-0.3, -0.25) is 14.5 Å². The number of carbonyl (C=O) groups excluding carboxylic acids is 2. The first kappa shape index (κ1) is 27.8. The molecular weight excluding hydrogens is 544 g/mol. The third-order valence-corrected chi connectivity index (χ3v) is 10.4. The average Bonchev–Trinajstić information content (AvgIpc) is 3.65. The van der Waals surface area contributed by atoms with E-state index in [1.165, 1.54) is 18.1 Å². The van der Waals surface area contributed by atoms with E-state index < -0.39 is 11.0 Å². The minimum Gasteiger partial charge on any atom is -0.493 e. The molecule has 5 atom stereocenters. The number of amides is 1. The Morgan fingerprint density at radius 3 is 2.72 bits per heavy atom. The normalized spacial score (nSPS) is 28.7. The number of rotatable bonds is 8. The topological polar surface area (TPSA) is 81.5 Å². The number of nitrogens with zero attached hydrogens (tertiary/aromatic N) is 2. The van der Waals surface area contributed by atoms with E-state index in [2.05, 4.69) is 35.2 Å². The third-order valence-electron chi connectivity index (χ3n) is 10.4. The van der Waals surface area contributed by atoms with Crippen LogP contribution in [0.15, 0.2) is 71.6 Å². The molecule has 8 heteroatoms. The van der Waals surface area contributed by atoms with Gasteiger partial charge in [-0.2, -0.15) is 0 Å². The average molecular weight is 583 g/mol. The summed E-state index contributed by atoms with van der Waals surface area (Å²) in [7, 11) is 3.51. The van der Waals surface area contributed by atoms with Gasteiger partial charge in [0.05, 0.1) is 37.1 Å². The summed E-state index contributed by atoms with van der Waals surface area (Å²) in [5.74, 6) is 1.02. The van der Waals surface area contributed by atoms with E-state index in [9.17, 15) is 9.59 Å². The largest absolute Gasteiger partial charge is 0.493 e. The predicted octanol–water partition coefficient (Wildman–Crippen LogP) is 4.80. The van der Waals surface area contributed by atoms with Crippen molar-refractivity contribution in [3.63, 3.8) is 0 Å². The molecule has 1 spiro atoms. The fraction of sp³-hybridized carbons (Fsp3) is 0.429. The minimum atomic E-state index is -0.782. The van der Waals surface area contributed by atoms with Crippen molar-refractivity contribution in [3.8, 4) is 11.5 Å². The fourth-order valence-electron chi connectivity index (χ4n) is 8.59. The molecule has 1 aromatic heterocycles. The van der Waals surface area contributed by atoms with Crippen LogP contribution in [0.25, 0.3) is 6.08 Å². The lowest BCUT2D eigenvalue weighted by Crippen LogP contribution is -2.79. The molecule has 4 aliphatic rings. The summed E-state index contributed by atoms with van der Waals surface area (Å²) in [6.45, 7) is 3.24. The van der Waals surface area contributed by atoms with Crippen molar-refractivity contribution in [3.05, 3.63) is 89.4 Å². The Hall–Kier alpha value is -4.04. The van der Waals surface area contributed by atoms with Gasteiger partial charge in [-0.1, -0.05) is 36.4 Å². The molecular formula is C35H38N2O6. The highest BCUT2D eigenvalue weighted by Crippen LogP contribution is 2.67. The van der Waals surface area contributed by atoms with E-state index in [1.807, 2.05) is 25.2 Å². The zero-order valence-electron chi connectivity index (χ0n) is 25.0. The fourth-order valence-corrected chi connectivity index (χ4v) is 8.59. The van der Waals surface area contributed by atoms with Crippen molar-refractivity contribution in [2.45, 2.75) is 68.2 Å². The van der Waals surface area contributed by atoms with Gasteiger partial charge < -0.3 is 23.5 Å². The van der Waals surface area contributed by atoms with Crippen molar-refractivity contribution in [2.24, 2.45) is 0 Å². The van der Waals surface area contributed by atoms with Crippen LogP contribution in [0.2, 0.25) is 0 Å². The van der Waals surface area contributed by atoms with Gasteiger partial charge in [0, 0.05) is 37.7 Å². The van der Waals surface area contributed by atoms with Crippen LogP contribution < -0.4 is 9.47 Å². The molecule has 1 amide bonds. The Kier molecular flexibility index (Phi) is 6.84. The standard InChI is InChI=1S/C35H38N2O6/c1-23(38)43-35-16-13-27(36(2)30(39)12-9-25-15-20-41-22-25)33-34(35)17-19-37(18-14-24-7-5-4-6-8-24)29(35)21-26-10-11-28(40-3)32(42-33)31(26)34/h4-12,15,20,22,27,29,33H,13-14,16-19,21H2,1-3H3/b12-9+/t27-,29-,33+,34+,35-/m1/s1. The smallest absolute Gasteiger partial charge is 0.303 e. The van der Waals surface area contributed by atoms with E-state index in [0.717, 1.165) is 49.2 Å². The molecule has 3 heterocycles. The molecule has 3 aromatic rings. The number of furan rings is 1. The van der Waals surface area contributed by atoms with Crippen LogP contribution in [-0.4, -0.2) is 72.7 Å². The quantitative estimate of drug-likeness (QED) is 0.279. The van der Waals surface area contributed by atoms with Crippen molar-refractivity contribution < 1.29 is 28.2 Å². The molecule has 43 heavy (non-hydrogen) atoms. The number of methoxy groups -OCH3 is 1. The van der Waals surface area contributed by atoms with E-state index in [1.54, 1.807) is 36.7 Å². The van der Waals surface area contributed by atoms with Crippen molar-refractivity contribution in [2.75, 3.05) is 27.2 Å². The number of esters is 1. The van der Waals surface area contributed by atoms with E-state index in [0.29, 0.717) is 18.6 Å². The first-order valence-corrected chi connectivity index (χ1v) is 15.2. The Bertz CT molecular complexity index is 1550. The Morgan fingerprint density at radius 2 is 1.98 bits per heavy atom. The highest BCUT2D eigenvalue weighted by Gasteiger charge is 2.75. The molecule has 224 valence electrons. The maximum Gasteiger partial charge on any atom is 0.303 e. The molecule has 2 bridgehead atoms. The second-order valence-electron chi connectivity index (χ2n) is 12.3. The summed E-state index contributed by atoms with van der Waals surface area (Å²) in [5, 5.41) is 0. The number of hydrogen-bond donors (Lipinski definition) is 0. The summed E-state index contributed by atoms with van der Waals surface area (Å²) in [4.78, 5) is 30.8. The second kappa shape index (κ2) is 10.6. The van der Waals surface area contributed by atoms with Gasteiger partial charge in [-0.15, -0.1) is 0 Å². The summed E-state index contributed by atoms with van der Waals surface area (Å²) in [5.41, 5.74) is 3.06. The zero-order chi connectivity index (χ0) is 29.8. The van der Waals surface area contributed by atoms with Crippen molar-refractivity contribution >= 4 is 18.0 Å². The summed E-state index contributed by atoms with van der Waals surface area (Å²) >= 11 is 0. The molecule has 0 unspecified atom stereocenters. The predicted molar refractivity (Wildman–Crippen MR) is 161 cm³/mol. The maximum atomic E-state index is 13.5. The van der Waals surface area contributed by atoms with Gasteiger partial charge in [0.2, 0.25) is 5.91 Å². The third kappa shape index (κ3) is 4.21. The molecule has 1 saturated heterocycles. The van der Waals surface area contributed by atoms with Crippen LogP contribution in [0.1, 0.15) is 48.4 Å². The van der Waals surface area contributed by atoms with Crippen LogP contribution in [0.4, 0.5) is 0 Å².